The molecule has 0 radical (unpaired) electrons. The monoisotopic (exact) mass is 267 g/mol. The van der Waals surface area contributed by atoms with Gasteiger partial charge < -0.3 is 19.9 Å². The van der Waals surface area contributed by atoms with Crippen molar-refractivity contribution in [3.05, 3.63) is 29.8 Å². The number of benzene rings is 1. The molecule has 1 atom stereocenters. The van der Waals surface area contributed by atoms with Crippen molar-refractivity contribution in [2.45, 2.75) is 26.4 Å². The van der Waals surface area contributed by atoms with Crippen molar-refractivity contribution in [1.29, 1.82) is 0 Å². The zero-order valence-corrected chi connectivity index (χ0v) is 11.9. The molecule has 0 aliphatic rings. The highest BCUT2D eigenvalue weighted by Gasteiger charge is 2.04. The van der Waals surface area contributed by atoms with Crippen molar-refractivity contribution >= 4 is 5.69 Å². The second-order valence-corrected chi connectivity index (χ2v) is 4.36. The van der Waals surface area contributed by atoms with Crippen LogP contribution in [0.3, 0.4) is 0 Å². The number of hydrogen-bond donors (Lipinski definition) is 2. The van der Waals surface area contributed by atoms with Gasteiger partial charge in [0.15, 0.2) is 0 Å². The lowest BCUT2D eigenvalue weighted by Gasteiger charge is -2.13. The topological polar surface area (TPSA) is 50.7 Å². The Kier molecular flexibility index (Phi) is 8.21. The molecule has 0 heterocycles. The Morgan fingerprint density at radius 1 is 1.11 bits per heavy atom. The van der Waals surface area contributed by atoms with Gasteiger partial charge in [-0.2, -0.15) is 0 Å². The van der Waals surface area contributed by atoms with Crippen LogP contribution in [0.1, 0.15) is 19.4 Å². The van der Waals surface area contributed by atoms with Crippen molar-refractivity contribution in [3.63, 3.8) is 0 Å². The molecule has 0 aromatic heterocycles. The highest BCUT2D eigenvalue weighted by atomic mass is 16.5. The number of rotatable bonds is 10. The lowest BCUT2D eigenvalue weighted by molar-refractivity contribution is 0.0103. The number of ether oxygens (including phenoxy) is 2. The van der Waals surface area contributed by atoms with Gasteiger partial charge >= 0.3 is 0 Å². The lowest BCUT2D eigenvalue weighted by Crippen LogP contribution is -2.25. The second kappa shape index (κ2) is 9.78. The number of hydrogen-bond acceptors (Lipinski definition) is 4. The van der Waals surface area contributed by atoms with Crippen LogP contribution in [0.5, 0.6) is 0 Å². The van der Waals surface area contributed by atoms with Crippen LogP contribution in [0.15, 0.2) is 24.3 Å². The molecule has 2 N–H and O–H groups in total. The Hall–Kier alpha value is -1.10. The molecule has 0 saturated heterocycles. The summed E-state index contributed by atoms with van der Waals surface area (Å²) in [6.07, 6.45) is 0.531. The Morgan fingerprint density at radius 3 is 2.42 bits per heavy atom. The summed E-state index contributed by atoms with van der Waals surface area (Å²) < 4.78 is 10.5. The Morgan fingerprint density at radius 2 is 1.79 bits per heavy atom. The molecular formula is C15H25NO3. The van der Waals surface area contributed by atoms with Gasteiger partial charge in [0, 0.05) is 18.8 Å². The van der Waals surface area contributed by atoms with Gasteiger partial charge in [-0.3, -0.25) is 0 Å². The van der Waals surface area contributed by atoms with Crippen LogP contribution in [0.25, 0.3) is 0 Å². The molecule has 0 amide bonds. The molecule has 0 saturated carbocycles. The van der Waals surface area contributed by atoms with Crippen LogP contribution in [0.2, 0.25) is 0 Å². The molecule has 1 aromatic rings. The predicted octanol–water partition coefficient (Wildman–Crippen LogP) is 2.07. The molecule has 0 fully saturated rings. The fraction of sp³-hybridized carbons (Fsp3) is 0.600. The van der Waals surface area contributed by atoms with Crippen molar-refractivity contribution in [2.75, 3.05) is 38.3 Å². The maximum absolute atomic E-state index is 9.74. The van der Waals surface area contributed by atoms with Gasteiger partial charge in [-0.25, -0.2) is 0 Å². The largest absolute Gasteiger partial charge is 0.389 e. The predicted molar refractivity (Wildman–Crippen MR) is 77.6 cm³/mol. The maximum atomic E-state index is 9.74. The molecule has 19 heavy (non-hydrogen) atoms. The number of aliphatic hydroxyl groups excluding tert-OH is 1. The first-order chi connectivity index (χ1) is 9.26. The molecule has 1 unspecified atom stereocenters. The van der Waals surface area contributed by atoms with E-state index in [0.717, 1.165) is 12.1 Å². The third kappa shape index (κ3) is 7.15. The van der Waals surface area contributed by atoms with E-state index >= 15 is 0 Å². The van der Waals surface area contributed by atoms with E-state index in [9.17, 15) is 5.11 Å². The summed E-state index contributed by atoms with van der Waals surface area (Å²) in [4.78, 5) is 0. The van der Waals surface area contributed by atoms with Gasteiger partial charge in [-0.15, -0.1) is 0 Å². The van der Waals surface area contributed by atoms with Gasteiger partial charge in [0.25, 0.3) is 0 Å². The van der Waals surface area contributed by atoms with E-state index in [1.165, 1.54) is 5.56 Å². The number of nitrogens with one attached hydrogen (secondary N) is 1. The van der Waals surface area contributed by atoms with Crippen LogP contribution in [0.4, 0.5) is 5.69 Å². The van der Waals surface area contributed by atoms with E-state index < -0.39 is 6.10 Å². The van der Waals surface area contributed by atoms with Crippen LogP contribution in [-0.4, -0.2) is 44.2 Å². The molecule has 4 nitrogen and oxygen atoms in total. The normalized spacial score (nSPS) is 12.4. The summed E-state index contributed by atoms with van der Waals surface area (Å²) in [5.41, 5.74) is 2.33. The molecule has 1 aromatic carbocycles. The van der Waals surface area contributed by atoms with E-state index in [1.807, 2.05) is 19.1 Å². The maximum Gasteiger partial charge on any atom is 0.0945 e. The molecular weight excluding hydrogens is 242 g/mol. The van der Waals surface area contributed by atoms with Gasteiger partial charge in [0.1, 0.15) is 0 Å². The quantitative estimate of drug-likeness (QED) is 0.637. The minimum Gasteiger partial charge on any atom is -0.389 e. The standard InChI is InChI=1S/C15H25NO3/c1-3-13-5-7-14(8-6-13)16-11-15(17)12-19-10-9-18-4-2/h5-8,15-17H,3-4,9-12H2,1-2H3. The molecule has 0 aliphatic carbocycles. The molecule has 0 aliphatic heterocycles. The van der Waals surface area contributed by atoms with Crippen LogP contribution < -0.4 is 5.32 Å². The van der Waals surface area contributed by atoms with Gasteiger partial charge in [0.2, 0.25) is 0 Å². The van der Waals surface area contributed by atoms with E-state index in [0.29, 0.717) is 33.0 Å². The Labute approximate surface area is 115 Å². The number of aliphatic hydroxyl groups is 1. The highest BCUT2D eigenvalue weighted by molar-refractivity contribution is 5.44. The summed E-state index contributed by atoms with van der Waals surface area (Å²) in [5, 5.41) is 12.9. The van der Waals surface area contributed by atoms with E-state index in [2.05, 4.69) is 24.4 Å². The summed E-state index contributed by atoms with van der Waals surface area (Å²) in [5.74, 6) is 0. The SMILES string of the molecule is CCOCCOCC(O)CNc1ccc(CC)cc1. The lowest BCUT2D eigenvalue weighted by atomic mass is 10.1. The van der Waals surface area contributed by atoms with Crippen molar-refractivity contribution in [1.82, 2.24) is 0 Å². The van der Waals surface area contributed by atoms with Crippen molar-refractivity contribution < 1.29 is 14.6 Å². The zero-order valence-electron chi connectivity index (χ0n) is 11.9. The average Bonchev–Trinajstić information content (AvgIpc) is 2.45. The van der Waals surface area contributed by atoms with E-state index in [1.54, 1.807) is 0 Å². The summed E-state index contributed by atoms with van der Waals surface area (Å²) >= 11 is 0. The number of anilines is 1. The molecule has 108 valence electrons. The van der Waals surface area contributed by atoms with Crippen molar-refractivity contribution in [3.8, 4) is 0 Å². The summed E-state index contributed by atoms with van der Waals surface area (Å²) in [6, 6.07) is 8.24. The highest BCUT2D eigenvalue weighted by Crippen LogP contribution is 2.09. The molecule has 4 heteroatoms. The van der Waals surface area contributed by atoms with Gasteiger partial charge in [-0.1, -0.05) is 19.1 Å². The fourth-order valence-corrected chi connectivity index (χ4v) is 1.63. The first kappa shape index (κ1) is 16.0. The molecule has 0 spiro atoms. The van der Waals surface area contributed by atoms with Crippen LogP contribution in [-0.2, 0) is 15.9 Å². The fourth-order valence-electron chi connectivity index (χ4n) is 1.63. The van der Waals surface area contributed by atoms with Gasteiger partial charge in [-0.05, 0) is 31.0 Å². The second-order valence-electron chi connectivity index (χ2n) is 4.36. The van der Waals surface area contributed by atoms with Gasteiger partial charge in [0.05, 0.1) is 25.9 Å². The minimum atomic E-state index is -0.507. The summed E-state index contributed by atoms with van der Waals surface area (Å²) in [6.45, 7) is 6.69. The van der Waals surface area contributed by atoms with E-state index in [-0.39, 0.29) is 0 Å². The third-order valence-electron chi connectivity index (χ3n) is 2.79. The zero-order chi connectivity index (χ0) is 13.9. The summed E-state index contributed by atoms with van der Waals surface area (Å²) in [7, 11) is 0. The number of aryl methyl sites for hydroxylation is 1. The van der Waals surface area contributed by atoms with Crippen LogP contribution in [0, 0.1) is 0 Å². The Balaban J connectivity index is 2.13. The average molecular weight is 267 g/mol. The first-order valence-electron chi connectivity index (χ1n) is 6.92. The smallest absolute Gasteiger partial charge is 0.0945 e. The molecule has 1 rings (SSSR count). The third-order valence-corrected chi connectivity index (χ3v) is 2.79. The molecule has 0 bridgehead atoms. The minimum absolute atomic E-state index is 0.327. The van der Waals surface area contributed by atoms with E-state index in [4.69, 9.17) is 9.47 Å². The van der Waals surface area contributed by atoms with Crippen LogP contribution >= 0.6 is 0 Å². The first-order valence-corrected chi connectivity index (χ1v) is 6.92. The Bertz CT molecular complexity index is 327. The van der Waals surface area contributed by atoms with Crippen molar-refractivity contribution in [2.24, 2.45) is 0 Å².